The van der Waals surface area contributed by atoms with Crippen molar-refractivity contribution in [3.05, 3.63) is 97.1 Å². The van der Waals surface area contributed by atoms with Gasteiger partial charge in [0.2, 0.25) is 0 Å². The Morgan fingerprint density at radius 2 is 1.73 bits per heavy atom. The summed E-state index contributed by atoms with van der Waals surface area (Å²) < 4.78 is 2.14. The molecule has 3 aromatic rings. The average Bonchev–Trinajstić information content (AvgIpc) is 2.75. The lowest BCUT2D eigenvalue weighted by Gasteiger charge is -2.17. The second-order valence-corrected chi connectivity index (χ2v) is 7.43. The first-order valence-corrected chi connectivity index (χ1v) is 9.83. The molecule has 30 heavy (non-hydrogen) atoms. The van der Waals surface area contributed by atoms with Crippen LogP contribution in [0.5, 0.6) is 0 Å². The molecule has 1 aromatic heterocycles. The second-order valence-electron chi connectivity index (χ2n) is 7.03. The molecule has 0 spiro atoms. The lowest BCUT2D eigenvalue weighted by Crippen LogP contribution is -2.44. The summed E-state index contributed by atoms with van der Waals surface area (Å²) in [6.07, 6.45) is 0. The molecule has 0 aliphatic rings. The van der Waals surface area contributed by atoms with Crippen LogP contribution in [-0.2, 0) is 13.6 Å². The topological polar surface area (TPSA) is 99.1 Å². The highest BCUT2D eigenvalue weighted by Gasteiger charge is 2.22. The number of aromatic nitrogens is 2. The van der Waals surface area contributed by atoms with Crippen LogP contribution in [0.3, 0.4) is 0 Å². The summed E-state index contributed by atoms with van der Waals surface area (Å²) in [6.45, 7) is 1.89. The second kappa shape index (κ2) is 9.11. The Labute approximate surface area is 178 Å². The van der Waals surface area contributed by atoms with Crippen LogP contribution in [0.4, 0.5) is 5.82 Å². The normalized spacial score (nSPS) is 12.0. The van der Waals surface area contributed by atoms with Gasteiger partial charge in [-0.2, -0.15) is 0 Å². The monoisotopic (exact) mass is 426 g/mol. The minimum absolute atomic E-state index is 0.130. The number of carbonyl (C=O) groups excluding carboxylic acids is 1. The maximum Gasteiger partial charge on any atom is 0.332 e. The summed E-state index contributed by atoms with van der Waals surface area (Å²) in [7, 11) is 1.34. The fourth-order valence-corrected chi connectivity index (χ4v) is 3.53. The number of nitrogens with one attached hydrogen (secondary N) is 1. The third-order valence-electron chi connectivity index (χ3n) is 4.99. The lowest BCUT2D eigenvalue weighted by molar-refractivity contribution is 0.0986. The number of anilines is 1. The number of Topliss-reactive ketones (excluding diaryl/α,β-unsaturated/α-hetero) is 1. The maximum absolute atomic E-state index is 12.9. The molecule has 0 saturated heterocycles. The number of nitrogens with zero attached hydrogens (tertiary/aromatic N) is 2. The first-order chi connectivity index (χ1) is 14.3. The Kier molecular flexibility index (Phi) is 6.54. The van der Waals surface area contributed by atoms with Crippen LogP contribution in [0, 0.1) is 0 Å². The standard InChI is InChI=1S/C22H23ClN4O3/c1-14(16-10-6-7-11-17(16)23)25-12-18(28)19-20(24)27(22(30)26(2)21(19)29)13-15-8-4-3-5-9-15/h3-11,14,25H,12-13,24H2,1-2H3. The van der Waals surface area contributed by atoms with E-state index in [1.165, 1.54) is 11.6 Å². The molecule has 0 fully saturated rings. The van der Waals surface area contributed by atoms with Gasteiger partial charge in [-0.05, 0) is 24.1 Å². The van der Waals surface area contributed by atoms with E-state index in [1.54, 1.807) is 6.07 Å². The van der Waals surface area contributed by atoms with Gasteiger partial charge in [0.15, 0.2) is 5.78 Å². The zero-order chi connectivity index (χ0) is 21.8. The summed E-state index contributed by atoms with van der Waals surface area (Å²) in [6, 6.07) is 16.3. The Morgan fingerprint density at radius 3 is 2.40 bits per heavy atom. The summed E-state index contributed by atoms with van der Waals surface area (Å²) in [4.78, 5) is 38.1. The predicted octanol–water partition coefficient (Wildman–Crippen LogP) is 2.36. The number of ketones is 1. The number of halogens is 1. The third-order valence-corrected chi connectivity index (χ3v) is 5.33. The molecule has 3 N–H and O–H groups in total. The van der Waals surface area contributed by atoms with Crippen LogP contribution in [0.15, 0.2) is 64.2 Å². The van der Waals surface area contributed by atoms with Gasteiger partial charge < -0.3 is 11.1 Å². The van der Waals surface area contributed by atoms with E-state index in [2.05, 4.69) is 5.32 Å². The van der Waals surface area contributed by atoms with Gasteiger partial charge in [-0.3, -0.25) is 18.7 Å². The van der Waals surface area contributed by atoms with E-state index in [1.807, 2.05) is 55.5 Å². The summed E-state index contributed by atoms with van der Waals surface area (Å²) >= 11 is 6.20. The SMILES string of the molecule is CC(NCC(=O)c1c(N)n(Cc2ccccc2)c(=O)n(C)c1=O)c1ccccc1Cl. The predicted molar refractivity (Wildman–Crippen MR) is 118 cm³/mol. The van der Waals surface area contributed by atoms with E-state index >= 15 is 0 Å². The van der Waals surface area contributed by atoms with Crippen LogP contribution in [-0.4, -0.2) is 21.5 Å². The smallest absolute Gasteiger partial charge is 0.332 e. The van der Waals surface area contributed by atoms with Gasteiger partial charge in [0.1, 0.15) is 11.4 Å². The van der Waals surface area contributed by atoms with Crippen LogP contribution in [0.25, 0.3) is 0 Å². The van der Waals surface area contributed by atoms with Gasteiger partial charge in [-0.1, -0.05) is 60.1 Å². The lowest BCUT2D eigenvalue weighted by atomic mass is 10.1. The number of nitrogens with two attached hydrogens (primary N) is 1. The van der Waals surface area contributed by atoms with Crippen molar-refractivity contribution in [1.82, 2.24) is 14.5 Å². The highest BCUT2D eigenvalue weighted by Crippen LogP contribution is 2.22. The molecule has 0 bridgehead atoms. The van der Waals surface area contributed by atoms with Crippen LogP contribution >= 0.6 is 11.6 Å². The molecule has 1 unspecified atom stereocenters. The molecule has 1 heterocycles. The third kappa shape index (κ3) is 4.37. The van der Waals surface area contributed by atoms with Crippen LogP contribution in [0.1, 0.15) is 34.5 Å². The van der Waals surface area contributed by atoms with Crippen molar-refractivity contribution in [2.45, 2.75) is 19.5 Å². The van der Waals surface area contributed by atoms with Crippen molar-refractivity contribution < 1.29 is 4.79 Å². The quantitative estimate of drug-likeness (QED) is 0.565. The number of carbonyl (C=O) groups is 1. The zero-order valence-corrected chi connectivity index (χ0v) is 17.5. The number of hydrogen-bond acceptors (Lipinski definition) is 5. The average molecular weight is 427 g/mol. The molecule has 0 amide bonds. The van der Waals surface area contributed by atoms with E-state index in [4.69, 9.17) is 17.3 Å². The molecule has 8 heteroatoms. The fourth-order valence-electron chi connectivity index (χ4n) is 3.23. The van der Waals surface area contributed by atoms with Crippen molar-refractivity contribution in [2.24, 2.45) is 7.05 Å². The molecule has 2 aromatic carbocycles. The molecule has 0 saturated carbocycles. The van der Waals surface area contributed by atoms with Crippen molar-refractivity contribution in [3.63, 3.8) is 0 Å². The van der Waals surface area contributed by atoms with E-state index in [0.29, 0.717) is 5.02 Å². The van der Waals surface area contributed by atoms with Crippen LogP contribution in [0.2, 0.25) is 5.02 Å². The molecule has 0 radical (unpaired) electrons. The Bertz CT molecular complexity index is 1190. The minimum atomic E-state index is -0.709. The van der Waals surface area contributed by atoms with E-state index in [9.17, 15) is 14.4 Å². The van der Waals surface area contributed by atoms with Gasteiger partial charge in [0, 0.05) is 18.1 Å². The number of rotatable bonds is 7. The fraction of sp³-hybridized carbons (Fsp3) is 0.227. The van der Waals surface area contributed by atoms with Gasteiger partial charge in [0.25, 0.3) is 5.56 Å². The van der Waals surface area contributed by atoms with Gasteiger partial charge in [-0.25, -0.2) is 4.79 Å². The van der Waals surface area contributed by atoms with E-state index < -0.39 is 17.0 Å². The number of hydrogen-bond donors (Lipinski definition) is 2. The maximum atomic E-state index is 12.9. The molecule has 0 aliphatic heterocycles. The Morgan fingerprint density at radius 1 is 1.10 bits per heavy atom. The van der Waals surface area contributed by atoms with Gasteiger partial charge in [0.05, 0.1) is 13.1 Å². The van der Waals surface area contributed by atoms with E-state index in [0.717, 1.165) is 15.7 Å². The molecule has 7 nitrogen and oxygen atoms in total. The first-order valence-electron chi connectivity index (χ1n) is 9.45. The van der Waals surface area contributed by atoms with Gasteiger partial charge >= 0.3 is 5.69 Å². The summed E-state index contributed by atoms with van der Waals surface area (Å²) in [5.74, 6) is -0.627. The highest BCUT2D eigenvalue weighted by molar-refractivity contribution is 6.31. The van der Waals surface area contributed by atoms with Crippen molar-refractivity contribution in [1.29, 1.82) is 0 Å². The van der Waals surface area contributed by atoms with E-state index in [-0.39, 0.29) is 30.5 Å². The highest BCUT2D eigenvalue weighted by atomic mass is 35.5. The summed E-state index contributed by atoms with van der Waals surface area (Å²) in [5.41, 5.74) is 6.30. The Hall–Kier alpha value is -3.16. The minimum Gasteiger partial charge on any atom is -0.384 e. The molecule has 156 valence electrons. The van der Waals surface area contributed by atoms with Crippen molar-refractivity contribution >= 4 is 23.2 Å². The number of benzene rings is 2. The van der Waals surface area contributed by atoms with Crippen molar-refractivity contribution in [3.8, 4) is 0 Å². The molecule has 0 aliphatic carbocycles. The van der Waals surface area contributed by atoms with Crippen LogP contribution < -0.4 is 22.3 Å². The zero-order valence-electron chi connectivity index (χ0n) is 16.8. The molecular formula is C22H23ClN4O3. The molecule has 3 rings (SSSR count). The summed E-state index contributed by atoms with van der Waals surface area (Å²) in [5, 5.41) is 3.65. The van der Waals surface area contributed by atoms with Crippen molar-refractivity contribution in [2.75, 3.05) is 12.3 Å². The first kappa shape index (κ1) is 21.5. The number of nitrogen functional groups attached to an aromatic ring is 1. The Balaban J connectivity index is 1.89. The molecule has 1 atom stereocenters. The van der Waals surface area contributed by atoms with Gasteiger partial charge in [-0.15, -0.1) is 0 Å². The largest absolute Gasteiger partial charge is 0.384 e. The molecular weight excluding hydrogens is 404 g/mol.